The minimum atomic E-state index is -0.882. The van der Waals surface area contributed by atoms with E-state index >= 15 is 0 Å². The highest BCUT2D eigenvalue weighted by Crippen LogP contribution is 2.06. The molecule has 0 aliphatic carbocycles. The van der Waals surface area contributed by atoms with E-state index in [1.165, 1.54) is 13.8 Å². The maximum Gasteiger partial charge on any atom is 0.306 e. The number of hydrogen-bond acceptors (Lipinski definition) is 5. The highest BCUT2D eigenvalue weighted by Gasteiger charge is 2.26. The third-order valence-corrected chi connectivity index (χ3v) is 3.10. The Kier molecular flexibility index (Phi) is 9.14. The van der Waals surface area contributed by atoms with Crippen molar-refractivity contribution in [2.75, 3.05) is 0 Å². The lowest BCUT2D eigenvalue weighted by Gasteiger charge is -2.23. The molecule has 7 nitrogen and oxygen atoms in total. The smallest absolute Gasteiger partial charge is 0.306 e. The molecule has 132 valence electrons. The van der Waals surface area contributed by atoms with Gasteiger partial charge in [-0.3, -0.25) is 19.2 Å². The molecule has 0 aliphatic heterocycles. The standard InChI is InChI=1S/C16H28N2O5/c1-9(2)15(11(5)19)18-16(22)13(17-12(6)20)7-8-14(21)23-10(3)4/h9-10,13,15H,7-8H2,1-6H3,(H,17,20)(H,18,22). The molecule has 0 heterocycles. The predicted octanol–water partition coefficient (Wildman–Crippen LogP) is 0.953. The number of esters is 1. The molecule has 2 atom stereocenters. The van der Waals surface area contributed by atoms with Crippen molar-refractivity contribution in [2.24, 2.45) is 5.92 Å². The van der Waals surface area contributed by atoms with Gasteiger partial charge in [-0.15, -0.1) is 0 Å². The number of ether oxygens (including phenoxy) is 1. The number of carbonyl (C=O) groups is 4. The summed E-state index contributed by atoms with van der Waals surface area (Å²) in [4.78, 5) is 46.7. The van der Waals surface area contributed by atoms with E-state index in [4.69, 9.17) is 4.74 Å². The first kappa shape index (κ1) is 21.1. The van der Waals surface area contributed by atoms with Crippen molar-refractivity contribution in [3.8, 4) is 0 Å². The molecule has 0 saturated carbocycles. The Morgan fingerprint density at radius 3 is 1.91 bits per heavy atom. The highest BCUT2D eigenvalue weighted by atomic mass is 16.5. The summed E-state index contributed by atoms with van der Waals surface area (Å²) >= 11 is 0. The van der Waals surface area contributed by atoms with E-state index in [0.717, 1.165) is 0 Å². The van der Waals surface area contributed by atoms with Gasteiger partial charge in [-0.2, -0.15) is 0 Å². The van der Waals surface area contributed by atoms with Crippen LogP contribution in [-0.2, 0) is 23.9 Å². The lowest BCUT2D eigenvalue weighted by molar-refractivity contribution is -0.148. The van der Waals surface area contributed by atoms with E-state index in [0.29, 0.717) is 0 Å². The largest absolute Gasteiger partial charge is 0.463 e. The predicted molar refractivity (Wildman–Crippen MR) is 85.5 cm³/mol. The van der Waals surface area contributed by atoms with E-state index in [2.05, 4.69) is 10.6 Å². The van der Waals surface area contributed by atoms with Crippen LogP contribution in [0.25, 0.3) is 0 Å². The summed E-state index contributed by atoms with van der Waals surface area (Å²) in [6.45, 7) is 9.79. The third-order valence-electron chi connectivity index (χ3n) is 3.10. The fourth-order valence-electron chi connectivity index (χ4n) is 2.09. The number of hydrogen-bond donors (Lipinski definition) is 2. The zero-order valence-electron chi connectivity index (χ0n) is 14.8. The number of rotatable bonds is 9. The van der Waals surface area contributed by atoms with Gasteiger partial charge in [-0.05, 0) is 33.1 Å². The molecule has 0 rings (SSSR count). The summed E-state index contributed by atoms with van der Waals surface area (Å²) in [7, 11) is 0. The number of ketones is 1. The maximum absolute atomic E-state index is 12.3. The Labute approximate surface area is 137 Å². The molecular formula is C16H28N2O5. The number of Topliss-reactive ketones (excluding diaryl/α,β-unsaturated/α-hetero) is 1. The first-order chi connectivity index (χ1) is 10.5. The van der Waals surface area contributed by atoms with Gasteiger partial charge in [-0.1, -0.05) is 13.8 Å². The van der Waals surface area contributed by atoms with Crippen LogP contribution >= 0.6 is 0 Å². The monoisotopic (exact) mass is 328 g/mol. The zero-order valence-corrected chi connectivity index (χ0v) is 14.8. The fourth-order valence-corrected chi connectivity index (χ4v) is 2.09. The lowest BCUT2D eigenvalue weighted by Crippen LogP contribution is -2.52. The van der Waals surface area contributed by atoms with Gasteiger partial charge < -0.3 is 15.4 Å². The number of carbonyl (C=O) groups excluding carboxylic acids is 4. The van der Waals surface area contributed by atoms with Crippen LogP contribution in [0, 0.1) is 5.92 Å². The molecule has 0 aromatic carbocycles. The van der Waals surface area contributed by atoms with Crippen LogP contribution < -0.4 is 10.6 Å². The molecule has 7 heteroatoms. The second kappa shape index (κ2) is 9.97. The quantitative estimate of drug-likeness (QED) is 0.614. The van der Waals surface area contributed by atoms with Crippen molar-refractivity contribution >= 4 is 23.6 Å². The number of amides is 2. The minimum Gasteiger partial charge on any atom is -0.463 e. The van der Waals surface area contributed by atoms with Crippen LogP contribution in [0.3, 0.4) is 0 Å². The average Bonchev–Trinajstić information content (AvgIpc) is 2.38. The van der Waals surface area contributed by atoms with Gasteiger partial charge in [0.25, 0.3) is 0 Å². The van der Waals surface area contributed by atoms with Crippen molar-refractivity contribution in [3.63, 3.8) is 0 Å². The van der Waals surface area contributed by atoms with Crippen molar-refractivity contribution in [1.82, 2.24) is 10.6 Å². The normalized spacial score (nSPS) is 13.4. The SMILES string of the molecule is CC(=O)NC(CCC(=O)OC(C)C)C(=O)NC(C(C)=O)C(C)C. The van der Waals surface area contributed by atoms with Crippen LogP contribution in [0.5, 0.6) is 0 Å². The second-order valence-electron chi connectivity index (χ2n) is 6.17. The van der Waals surface area contributed by atoms with Gasteiger partial charge in [-0.25, -0.2) is 0 Å². The Morgan fingerprint density at radius 1 is 0.957 bits per heavy atom. The van der Waals surface area contributed by atoms with Crippen molar-refractivity contribution < 1.29 is 23.9 Å². The lowest BCUT2D eigenvalue weighted by atomic mass is 10.00. The number of nitrogens with one attached hydrogen (secondary N) is 2. The topological polar surface area (TPSA) is 102 Å². The molecule has 23 heavy (non-hydrogen) atoms. The Morgan fingerprint density at radius 2 is 1.52 bits per heavy atom. The summed E-state index contributed by atoms with van der Waals surface area (Å²) < 4.78 is 5.01. The molecule has 0 aromatic heterocycles. The second-order valence-corrected chi connectivity index (χ2v) is 6.17. The van der Waals surface area contributed by atoms with Crippen LogP contribution in [0.4, 0.5) is 0 Å². The fraction of sp³-hybridized carbons (Fsp3) is 0.750. The van der Waals surface area contributed by atoms with Crippen LogP contribution in [-0.4, -0.2) is 41.8 Å². The maximum atomic E-state index is 12.3. The first-order valence-electron chi connectivity index (χ1n) is 7.82. The van der Waals surface area contributed by atoms with Crippen molar-refractivity contribution in [2.45, 2.75) is 72.6 Å². The molecule has 0 spiro atoms. The van der Waals surface area contributed by atoms with E-state index < -0.39 is 24.0 Å². The molecule has 0 aliphatic rings. The van der Waals surface area contributed by atoms with E-state index in [9.17, 15) is 19.2 Å². The van der Waals surface area contributed by atoms with Crippen LogP contribution in [0.15, 0.2) is 0 Å². The van der Waals surface area contributed by atoms with E-state index in [1.807, 2.05) is 13.8 Å². The molecule has 0 fully saturated rings. The summed E-state index contributed by atoms with van der Waals surface area (Å²) in [6.07, 6.45) is -0.124. The van der Waals surface area contributed by atoms with Gasteiger partial charge >= 0.3 is 5.97 Å². The summed E-state index contributed by atoms with van der Waals surface area (Å²) in [6, 6.07) is -1.51. The van der Waals surface area contributed by atoms with Crippen molar-refractivity contribution in [1.29, 1.82) is 0 Å². The van der Waals surface area contributed by atoms with Gasteiger partial charge in [0.05, 0.1) is 12.1 Å². The molecule has 2 unspecified atom stereocenters. The molecule has 0 bridgehead atoms. The zero-order chi connectivity index (χ0) is 18.2. The van der Waals surface area contributed by atoms with Gasteiger partial charge in [0.15, 0.2) is 5.78 Å². The van der Waals surface area contributed by atoms with Crippen LogP contribution in [0.1, 0.15) is 54.4 Å². The highest BCUT2D eigenvalue weighted by molar-refractivity contribution is 5.92. The van der Waals surface area contributed by atoms with Gasteiger partial charge in [0, 0.05) is 13.3 Å². The summed E-state index contributed by atoms with van der Waals surface area (Å²) in [5.74, 6) is -1.53. The molecule has 0 saturated heterocycles. The molecule has 0 radical (unpaired) electrons. The van der Waals surface area contributed by atoms with Crippen molar-refractivity contribution in [3.05, 3.63) is 0 Å². The summed E-state index contributed by atoms with van der Waals surface area (Å²) in [5.41, 5.74) is 0. The first-order valence-corrected chi connectivity index (χ1v) is 7.82. The molecule has 2 N–H and O–H groups in total. The Hall–Kier alpha value is -1.92. The Balaban J connectivity index is 4.81. The Bertz CT molecular complexity index is 446. The van der Waals surface area contributed by atoms with Gasteiger partial charge in [0.1, 0.15) is 6.04 Å². The van der Waals surface area contributed by atoms with Gasteiger partial charge in [0.2, 0.25) is 11.8 Å². The van der Waals surface area contributed by atoms with Crippen LogP contribution in [0.2, 0.25) is 0 Å². The minimum absolute atomic E-state index is 0.00294. The molecule has 2 amide bonds. The third kappa shape index (κ3) is 8.95. The molecule has 0 aromatic rings. The van der Waals surface area contributed by atoms with E-state index in [1.54, 1.807) is 13.8 Å². The van der Waals surface area contributed by atoms with E-state index in [-0.39, 0.29) is 36.6 Å². The summed E-state index contributed by atoms with van der Waals surface area (Å²) in [5, 5.41) is 5.13. The molecular weight excluding hydrogens is 300 g/mol. The average molecular weight is 328 g/mol.